The molecule has 0 radical (unpaired) electrons. The number of phosphoric ester groups is 3. The maximum Gasteiger partial charge on any atom is 0.481 e. The van der Waals surface area contributed by atoms with E-state index in [0.717, 1.165) is 48.2 Å². The Morgan fingerprint density at radius 1 is 1.02 bits per heavy atom. The summed E-state index contributed by atoms with van der Waals surface area (Å²) < 4.78 is 62.2. The molecule has 2 aromatic rings. The zero-order valence-corrected chi connectivity index (χ0v) is 36.0. The molecule has 1 aliphatic rings. The Kier molecular flexibility index (Phi) is 19.7. The Balaban J connectivity index is 1.43. The van der Waals surface area contributed by atoms with E-state index in [1.165, 1.54) is 20.3 Å². The van der Waals surface area contributed by atoms with Crippen LogP contribution in [0.25, 0.3) is 11.2 Å². The van der Waals surface area contributed by atoms with Crippen LogP contribution >= 0.6 is 35.2 Å². The summed E-state index contributed by atoms with van der Waals surface area (Å²) in [7, 11) is -16.4. The van der Waals surface area contributed by atoms with E-state index in [1.807, 2.05) is 6.08 Å². The number of nitrogens with one attached hydrogen (secondary N) is 2. The van der Waals surface area contributed by atoms with E-state index in [2.05, 4.69) is 47.4 Å². The smallest absolute Gasteiger partial charge is 0.386 e. The number of nitrogen functional groups attached to an aromatic ring is 1. The fourth-order valence-corrected chi connectivity index (χ4v) is 8.84. The van der Waals surface area contributed by atoms with Crippen LogP contribution in [0.2, 0.25) is 0 Å². The van der Waals surface area contributed by atoms with Gasteiger partial charge in [0.1, 0.15) is 36.3 Å². The van der Waals surface area contributed by atoms with Crippen molar-refractivity contribution in [3.8, 4) is 0 Å². The molecule has 59 heavy (non-hydrogen) atoms. The summed E-state index contributed by atoms with van der Waals surface area (Å²) >= 11 is 1.11. The molecule has 0 saturated carbocycles. The molecule has 0 aromatic carbocycles. The molecule has 3 rings (SSSR count). The third-order valence-electron chi connectivity index (χ3n) is 8.42. The van der Waals surface area contributed by atoms with Gasteiger partial charge in [0.15, 0.2) is 22.8 Å². The minimum Gasteiger partial charge on any atom is -0.386 e. The number of rotatable bonds is 26. The van der Waals surface area contributed by atoms with Gasteiger partial charge in [-0.2, -0.15) is 4.31 Å². The van der Waals surface area contributed by atoms with Crippen molar-refractivity contribution >= 4 is 69.1 Å². The zero-order chi connectivity index (χ0) is 44.0. The van der Waals surface area contributed by atoms with Crippen LogP contribution < -0.4 is 16.4 Å². The van der Waals surface area contributed by atoms with Crippen LogP contribution in [-0.2, 0) is 50.7 Å². The number of nitrogens with zero attached hydrogens (tertiary/aromatic N) is 4. The lowest BCUT2D eigenvalue weighted by molar-refractivity contribution is -0.137. The van der Waals surface area contributed by atoms with Crippen LogP contribution in [0.1, 0.15) is 71.9 Å². The lowest BCUT2D eigenvalue weighted by Crippen LogP contribution is -2.46. The van der Waals surface area contributed by atoms with Crippen molar-refractivity contribution in [2.45, 2.75) is 96.4 Å². The van der Waals surface area contributed by atoms with Gasteiger partial charge in [-0.25, -0.2) is 28.6 Å². The second kappa shape index (κ2) is 22.9. The van der Waals surface area contributed by atoms with Gasteiger partial charge in [-0.1, -0.05) is 57.5 Å². The minimum absolute atomic E-state index is 0.00869. The number of ether oxygens (including phenoxy) is 1. The largest absolute Gasteiger partial charge is 0.481 e. The molecule has 10 N–H and O–H groups in total. The van der Waals surface area contributed by atoms with Gasteiger partial charge >= 0.3 is 23.5 Å². The normalized spacial score (nSPS) is 21.3. The molecule has 1 saturated heterocycles. The highest BCUT2D eigenvalue weighted by Gasteiger charge is 2.50. The summed E-state index contributed by atoms with van der Waals surface area (Å²) in [6, 6.07) is 0. The van der Waals surface area contributed by atoms with Gasteiger partial charge in [0, 0.05) is 37.1 Å². The number of fused-ring (bicyclic) bond motifs is 1. The Labute approximate surface area is 343 Å². The van der Waals surface area contributed by atoms with Crippen LogP contribution in [0.5, 0.6) is 0 Å². The number of hydrogen-bond acceptors (Lipinski definition) is 18. The average Bonchev–Trinajstić information content (AvgIpc) is 3.71. The highest BCUT2D eigenvalue weighted by Crippen LogP contribution is 2.61. The number of carbonyl (C=O) groups excluding carboxylic acids is 3. The fourth-order valence-electron chi connectivity index (χ4n) is 5.32. The zero-order valence-electron chi connectivity index (χ0n) is 32.5. The molecule has 24 nitrogen and oxygen atoms in total. The SMILES string of the molecule is CCCCC/C=C/CCC(=O)SCCNC(=O)CCNC(=O)[C@H](O)C(C)(C)COP(=O)(O)OP(=O)(O)OC[C@H]1O[C@@H](n2cnc3c(N)ncnc32)[C@H](O)[C@@H]1OP(=O)(O)O. The predicted octanol–water partition coefficient (Wildman–Crippen LogP) is 1.58. The number of phosphoric acid groups is 3. The topological polar surface area (TPSA) is 364 Å². The molecule has 0 spiro atoms. The third-order valence-corrected chi connectivity index (χ3v) is 12.5. The Hall–Kier alpha value is -2.70. The summed E-state index contributed by atoms with van der Waals surface area (Å²) in [5.74, 6) is -1.07. The summed E-state index contributed by atoms with van der Waals surface area (Å²) in [5, 5.41) is 26.5. The van der Waals surface area contributed by atoms with Gasteiger partial charge in [0.05, 0.1) is 19.5 Å². The molecule has 28 heteroatoms. The second-order valence-electron chi connectivity index (χ2n) is 13.8. The molecule has 0 bridgehead atoms. The summed E-state index contributed by atoms with van der Waals surface area (Å²) in [6.45, 7) is 2.66. The fraction of sp³-hybridized carbons (Fsp3) is 0.677. The van der Waals surface area contributed by atoms with Gasteiger partial charge in [-0.3, -0.25) is 32.5 Å². The van der Waals surface area contributed by atoms with Gasteiger partial charge in [-0.15, -0.1) is 0 Å². The average molecular weight is 920 g/mol. The van der Waals surface area contributed by atoms with Crippen molar-refractivity contribution in [3.05, 3.63) is 24.8 Å². The minimum atomic E-state index is -5.57. The summed E-state index contributed by atoms with van der Waals surface area (Å²) in [4.78, 5) is 87.8. The highest BCUT2D eigenvalue weighted by atomic mass is 32.2. The first kappa shape index (κ1) is 50.7. The van der Waals surface area contributed by atoms with Crippen LogP contribution in [0.4, 0.5) is 5.82 Å². The standard InChI is InChI=1S/C31H52N7O17P3S/c1-4-5-6-7-8-9-10-11-22(40)59-15-14-33-21(39)12-13-34-29(43)26(42)31(2,3)17-52-58(49,50)55-57(47,48)51-16-20-25(54-56(44,45)46)24(41)30(53-20)38-19-37-23-27(32)35-18-36-28(23)38/h8-9,18-20,24-26,30,41-42H,4-7,10-17H2,1-3H3,(H,33,39)(H,34,43)(H,47,48)(H,49,50)(H2,32,35,36)(H2,44,45,46)/b9-8+/t20-,24-,25-,26+,30-/m1/s1. The molecule has 334 valence electrons. The van der Waals surface area contributed by atoms with Crippen LogP contribution in [0, 0.1) is 5.41 Å². The predicted molar refractivity (Wildman–Crippen MR) is 210 cm³/mol. The molecule has 2 aromatic heterocycles. The van der Waals surface area contributed by atoms with Gasteiger partial charge in [0.2, 0.25) is 11.8 Å². The molecular weight excluding hydrogens is 867 g/mol. The van der Waals surface area contributed by atoms with Crippen molar-refractivity contribution in [1.82, 2.24) is 30.2 Å². The number of nitrogens with two attached hydrogens (primary N) is 1. The van der Waals surface area contributed by atoms with E-state index in [1.54, 1.807) is 0 Å². The van der Waals surface area contributed by atoms with Crippen molar-refractivity contribution in [2.24, 2.45) is 5.41 Å². The van der Waals surface area contributed by atoms with Crippen molar-refractivity contribution in [1.29, 1.82) is 0 Å². The van der Waals surface area contributed by atoms with E-state index in [-0.39, 0.29) is 41.6 Å². The first-order chi connectivity index (χ1) is 27.6. The number of aliphatic hydroxyl groups excluding tert-OH is 2. The number of aromatic nitrogens is 4. The van der Waals surface area contributed by atoms with E-state index >= 15 is 0 Å². The third kappa shape index (κ3) is 16.9. The first-order valence-corrected chi connectivity index (χ1v) is 23.8. The Bertz CT molecular complexity index is 1900. The number of thioether (sulfide) groups is 1. The number of hydrogen-bond donors (Lipinski definition) is 9. The first-order valence-electron chi connectivity index (χ1n) is 18.3. The number of amides is 2. The number of imidazole rings is 1. The van der Waals surface area contributed by atoms with E-state index in [0.29, 0.717) is 18.6 Å². The lowest BCUT2D eigenvalue weighted by Gasteiger charge is -2.30. The van der Waals surface area contributed by atoms with Gasteiger partial charge in [-0.05, 0) is 19.3 Å². The van der Waals surface area contributed by atoms with Crippen LogP contribution in [-0.4, -0.2) is 123 Å². The molecule has 2 amide bonds. The summed E-state index contributed by atoms with van der Waals surface area (Å²) in [5.41, 5.74) is 4.27. The van der Waals surface area contributed by atoms with E-state index < -0.39 is 84.6 Å². The van der Waals surface area contributed by atoms with E-state index in [4.69, 9.17) is 19.5 Å². The molecule has 7 atom stereocenters. The summed E-state index contributed by atoms with van der Waals surface area (Å²) in [6.07, 6.45) is 2.66. The molecule has 3 heterocycles. The Morgan fingerprint density at radius 2 is 1.71 bits per heavy atom. The number of allylic oxidation sites excluding steroid dienone is 2. The molecule has 0 aliphatic carbocycles. The Morgan fingerprint density at radius 3 is 2.41 bits per heavy atom. The van der Waals surface area contributed by atoms with Crippen molar-refractivity contribution < 1.29 is 80.5 Å². The lowest BCUT2D eigenvalue weighted by atomic mass is 9.87. The molecule has 1 aliphatic heterocycles. The van der Waals surface area contributed by atoms with Crippen LogP contribution in [0.3, 0.4) is 0 Å². The number of unbranched alkanes of at least 4 members (excludes halogenated alkanes) is 3. The van der Waals surface area contributed by atoms with Crippen molar-refractivity contribution in [3.63, 3.8) is 0 Å². The van der Waals surface area contributed by atoms with E-state index in [9.17, 15) is 57.9 Å². The number of anilines is 1. The second-order valence-corrected chi connectivity index (χ2v) is 19.2. The van der Waals surface area contributed by atoms with Gasteiger partial charge in [0.25, 0.3) is 0 Å². The molecule has 1 fully saturated rings. The maximum atomic E-state index is 12.7. The van der Waals surface area contributed by atoms with Crippen molar-refractivity contribution in [2.75, 3.05) is 37.8 Å². The highest BCUT2D eigenvalue weighted by molar-refractivity contribution is 8.13. The van der Waals surface area contributed by atoms with Gasteiger partial charge < -0.3 is 50.9 Å². The number of aliphatic hydroxyl groups is 2. The monoisotopic (exact) mass is 919 g/mol. The quantitative estimate of drug-likeness (QED) is 0.0367. The molecule has 2 unspecified atom stereocenters. The maximum absolute atomic E-state index is 12.7. The molecular formula is C31H52N7O17P3S. The number of carbonyl (C=O) groups is 3. The van der Waals surface area contributed by atoms with Crippen LogP contribution in [0.15, 0.2) is 24.8 Å².